The van der Waals surface area contributed by atoms with Crippen LogP contribution in [0.4, 0.5) is 0 Å². The Morgan fingerprint density at radius 1 is 1.11 bits per heavy atom. The van der Waals surface area contributed by atoms with E-state index in [1.165, 1.54) is 5.56 Å². The highest BCUT2D eigenvalue weighted by Crippen LogP contribution is 2.32. The Labute approximate surface area is 160 Å². The van der Waals surface area contributed by atoms with Crippen LogP contribution in [-0.4, -0.2) is 31.0 Å². The maximum Gasteiger partial charge on any atom is 0.231 e. The van der Waals surface area contributed by atoms with E-state index < -0.39 is 0 Å². The van der Waals surface area contributed by atoms with Gasteiger partial charge in [0, 0.05) is 25.1 Å². The summed E-state index contributed by atoms with van der Waals surface area (Å²) < 4.78 is 16.2. The number of ether oxygens (including phenoxy) is 2. The molecule has 27 heavy (non-hydrogen) atoms. The molecular weight excluding hydrogens is 344 g/mol. The molecule has 146 valence electrons. The molecule has 3 rings (SSSR count). The van der Waals surface area contributed by atoms with Gasteiger partial charge in [-0.3, -0.25) is 0 Å². The zero-order valence-electron chi connectivity index (χ0n) is 16.3. The van der Waals surface area contributed by atoms with Crippen molar-refractivity contribution in [3.8, 4) is 11.5 Å². The number of aromatic nitrogens is 1. The van der Waals surface area contributed by atoms with Crippen LogP contribution >= 0.6 is 0 Å². The number of rotatable bonds is 8. The second kappa shape index (κ2) is 9.30. The van der Waals surface area contributed by atoms with Gasteiger partial charge in [-0.05, 0) is 37.5 Å². The van der Waals surface area contributed by atoms with Gasteiger partial charge in [0.05, 0.1) is 12.2 Å². The van der Waals surface area contributed by atoms with Crippen LogP contribution in [0.5, 0.6) is 11.5 Å². The second-order valence-electron chi connectivity index (χ2n) is 6.30. The molecule has 1 aliphatic rings. The molecule has 2 N–H and O–H groups in total. The molecule has 1 aliphatic heterocycles. The molecule has 7 heteroatoms. The first-order valence-corrected chi connectivity index (χ1v) is 9.62. The van der Waals surface area contributed by atoms with Gasteiger partial charge < -0.3 is 24.6 Å². The van der Waals surface area contributed by atoms with Crippen LogP contribution < -0.4 is 20.1 Å². The summed E-state index contributed by atoms with van der Waals surface area (Å²) >= 11 is 0. The summed E-state index contributed by atoms with van der Waals surface area (Å²) in [6.07, 6.45) is 2.54. The smallest absolute Gasteiger partial charge is 0.231 e. The average Bonchev–Trinajstić information content (AvgIpc) is 3.31. The Balaban J connectivity index is 1.59. The third kappa shape index (κ3) is 4.72. The Bertz CT molecular complexity index is 764. The molecule has 0 saturated carbocycles. The summed E-state index contributed by atoms with van der Waals surface area (Å²) in [4.78, 5) is 4.71. The highest BCUT2D eigenvalue weighted by atomic mass is 16.7. The first-order chi connectivity index (χ1) is 13.2. The number of fused-ring (bicyclic) bond motifs is 1. The fourth-order valence-corrected chi connectivity index (χ4v) is 3.04. The van der Waals surface area contributed by atoms with Crippen molar-refractivity contribution in [1.29, 1.82) is 0 Å². The molecule has 2 aromatic rings. The summed E-state index contributed by atoms with van der Waals surface area (Å²) in [7, 11) is 0. The Morgan fingerprint density at radius 2 is 1.96 bits per heavy atom. The third-order valence-corrected chi connectivity index (χ3v) is 4.49. The van der Waals surface area contributed by atoms with Crippen LogP contribution in [0.1, 0.15) is 43.4 Å². The standard InChI is InChI=1S/C20H28N4O3/c1-4-16-15(17(5-2)27-24-16)12-23-20(21-6-3)22-10-9-14-7-8-18-19(11-14)26-13-25-18/h7-8,11H,4-6,9-10,12-13H2,1-3H3,(H2,21,22,23). The maximum absolute atomic E-state index is 5.44. The van der Waals surface area contributed by atoms with Gasteiger partial charge in [0.2, 0.25) is 6.79 Å². The van der Waals surface area contributed by atoms with Crippen molar-refractivity contribution in [2.45, 2.75) is 46.6 Å². The molecule has 0 bridgehead atoms. The largest absolute Gasteiger partial charge is 0.454 e. The van der Waals surface area contributed by atoms with E-state index in [2.05, 4.69) is 42.6 Å². The van der Waals surface area contributed by atoms with Crippen molar-refractivity contribution in [2.75, 3.05) is 19.9 Å². The number of nitrogens with zero attached hydrogens (tertiary/aromatic N) is 2. The van der Waals surface area contributed by atoms with Crippen LogP contribution in [0.25, 0.3) is 0 Å². The molecule has 1 aromatic carbocycles. The molecule has 0 fully saturated rings. The summed E-state index contributed by atoms with van der Waals surface area (Å²) in [5, 5.41) is 10.8. The van der Waals surface area contributed by atoms with Crippen molar-refractivity contribution in [3.05, 3.63) is 40.8 Å². The van der Waals surface area contributed by atoms with Gasteiger partial charge in [0.15, 0.2) is 17.5 Å². The molecular formula is C20H28N4O3. The predicted molar refractivity (Wildman–Crippen MR) is 104 cm³/mol. The fourth-order valence-electron chi connectivity index (χ4n) is 3.04. The molecule has 1 aromatic heterocycles. The van der Waals surface area contributed by atoms with Crippen LogP contribution in [0.2, 0.25) is 0 Å². The van der Waals surface area contributed by atoms with E-state index in [0.29, 0.717) is 13.3 Å². The molecule has 0 unspecified atom stereocenters. The molecule has 0 spiro atoms. The van der Waals surface area contributed by atoms with Crippen molar-refractivity contribution >= 4 is 5.96 Å². The van der Waals surface area contributed by atoms with E-state index in [1.807, 2.05) is 12.1 Å². The summed E-state index contributed by atoms with van der Waals surface area (Å²) in [6, 6.07) is 6.06. The molecule has 2 heterocycles. The van der Waals surface area contributed by atoms with Gasteiger partial charge in [0.25, 0.3) is 0 Å². The predicted octanol–water partition coefficient (Wildman–Crippen LogP) is 2.83. The molecule has 0 saturated heterocycles. The SMILES string of the molecule is CCNC(=NCc1c(CC)noc1CC)NCCc1ccc2c(c1)OCO2. The van der Waals surface area contributed by atoms with E-state index in [1.54, 1.807) is 0 Å². The molecule has 0 amide bonds. The highest BCUT2D eigenvalue weighted by molar-refractivity contribution is 5.79. The van der Waals surface area contributed by atoms with Gasteiger partial charge in [-0.15, -0.1) is 0 Å². The number of guanidine groups is 1. The van der Waals surface area contributed by atoms with Crippen molar-refractivity contribution in [3.63, 3.8) is 0 Å². The molecule has 0 aliphatic carbocycles. The van der Waals surface area contributed by atoms with E-state index in [0.717, 1.165) is 66.8 Å². The highest BCUT2D eigenvalue weighted by Gasteiger charge is 2.14. The van der Waals surface area contributed by atoms with Crippen molar-refractivity contribution in [2.24, 2.45) is 4.99 Å². The zero-order valence-corrected chi connectivity index (χ0v) is 16.3. The number of nitrogens with one attached hydrogen (secondary N) is 2. The first-order valence-electron chi connectivity index (χ1n) is 9.62. The number of benzene rings is 1. The van der Waals surface area contributed by atoms with Gasteiger partial charge >= 0.3 is 0 Å². The van der Waals surface area contributed by atoms with Crippen LogP contribution in [0.3, 0.4) is 0 Å². The molecule has 0 radical (unpaired) electrons. The summed E-state index contributed by atoms with van der Waals surface area (Å²) in [6.45, 7) is 8.66. The van der Waals surface area contributed by atoms with Crippen LogP contribution in [-0.2, 0) is 25.8 Å². The van der Waals surface area contributed by atoms with E-state index in [9.17, 15) is 0 Å². The number of hydrogen-bond acceptors (Lipinski definition) is 5. The Hall–Kier alpha value is -2.70. The lowest BCUT2D eigenvalue weighted by Gasteiger charge is -2.11. The first kappa shape index (κ1) is 19.1. The zero-order chi connectivity index (χ0) is 19.1. The Morgan fingerprint density at radius 3 is 2.74 bits per heavy atom. The number of hydrogen-bond donors (Lipinski definition) is 2. The van der Waals surface area contributed by atoms with Gasteiger partial charge in [-0.1, -0.05) is 25.1 Å². The lowest BCUT2D eigenvalue weighted by Crippen LogP contribution is -2.38. The number of aryl methyl sites for hydroxylation is 2. The van der Waals surface area contributed by atoms with Crippen LogP contribution in [0.15, 0.2) is 27.7 Å². The monoisotopic (exact) mass is 372 g/mol. The Kier molecular flexibility index (Phi) is 6.57. The minimum atomic E-state index is 0.302. The average molecular weight is 372 g/mol. The van der Waals surface area contributed by atoms with Crippen molar-refractivity contribution in [1.82, 2.24) is 15.8 Å². The lowest BCUT2D eigenvalue weighted by atomic mass is 10.1. The normalized spacial score (nSPS) is 13.1. The van der Waals surface area contributed by atoms with Crippen LogP contribution in [0, 0.1) is 0 Å². The topological polar surface area (TPSA) is 80.9 Å². The summed E-state index contributed by atoms with van der Waals surface area (Å²) in [5.74, 6) is 3.35. The summed E-state index contributed by atoms with van der Waals surface area (Å²) in [5.41, 5.74) is 3.29. The lowest BCUT2D eigenvalue weighted by molar-refractivity contribution is 0.174. The minimum Gasteiger partial charge on any atom is -0.454 e. The molecule has 7 nitrogen and oxygen atoms in total. The molecule has 0 atom stereocenters. The van der Waals surface area contributed by atoms with E-state index >= 15 is 0 Å². The van der Waals surface area contributed by atoms with Gasteiger partial charge in [-0.2, -0.15) is 0 Å². The maximum atomic E-state index is 5.44. The van der Waals surface area contributed by atoms with Gasteiger partial charge in [0.1, 0.15) is 5.76 Å². The second-order valence-corrected chi connectivity index (χ2v) is 6.30. The minimum absolute atomic E-state index is 0.302. The third-order valence-electron chi connectivity index (χ3n) is 4.49. The van der Waals surface area contributed by atoms with Crippen molar-refractivity contribution < 1.29 is 14.0 Å². The fraction of sp³-hybridized carbons (Fsp3) is 0.500. The number of aliphatic imine (C=N–C) groups is 1. The quantitative estimate of drug-likeness (QED) is 0.548. The van der Waals surface area contributed by atoms with E-state index in [4.69, 9.17) is 19.0 Å². The van der Waals surface area contributed by atoms with E-state index in [-0.39, 0.29) is 0 Å². The van der Waals surface area contributed by atoms with Gasteiger partial charge in [-0.25, -0.2) is 4.99 Å².